The molecule has 5 heteroatoms. The quantitative estimate of drug-likeness (QED) is 0.658. The van der Waals surface area contributed by atoms with Crippen LogP contribution in [0.5, 0.6) is 5.75 Å². The maximum Gasteiger partial charge on any atom is 0.303 e. The van der Waals surface area contributed by atoms with E-state index in [0.717, 1.165) is 36.5 Å². The van der Waals surface area contributed by atoms with Crippen molar-refractivity contribution in [1.82, 2.24) is 4.98 Å². The number of nitrogens with zero attached hydrogens (tertiary/aromatic N) is 1. The molecule has 23 heavy (non-hydrogen) atoms. The summed E-state index contributed by atoms with van der Waals surface area (Å²) in [5.74, 6) is 0.941. The Balaban J connectivity index is 1.58. The van der Waals surface area contributed by atoms with Crippen molar-refractivity contribution in [2.75, 3.05) is 18.5 Å². The maximum absolute atomic E-state index is 10.5. The van der Waals surface area contributed by atoms with Crippen molar-refractivity contribution in [1.29, 1.82) is 0 Å². The van der Waals surface area contributed by atoms with Crippen molar-refractivity contribution in [2.45, 2.75) is 25.7 Å². The zero-order valence-electron chi connectivity index (χ0n) is 13.1. The van der Waals surface area contributed by atoms with Crippen molar-refractivity contribution >= 4 is 11.8 Å². The Morgan fingerprint density at radius 1 is 1.13 bits per heavy atom. The van der Waals surface area contributed by atoms with E-state index in [0.29, 0.717) is 13.0 Å². The van der Waals surface area contributed by atoms with Crippen molar-refractivity contribution in [3.05, 3.63) is 54.2 Å². The molecule has 2 rings (SSSR count). The van der Waals surface area contributed by atoms with Gasteiger partial charge in [-0.3, -0.25) is 4.79 Å². The molecule has 0 saturated carbocycles. The minimum Gasteiger partial charge on any atom is -0.494 e. The third-order valence-electron chi connectivity index (χ3n) is 3.36. The first kappa shape index (κ1) is 16.8. The highest BCUT2D eigenvalue weighted by Crippen LogP contribution is 2.14. The fourth-order valence-corrected chi connectivity index (χ4v) is 2.10. The molecule has 0 bridgehead atoms. The first-order valence-electron chi connectivity index (χ1n) is 7.82. The summed E-state index contributed by atoms with van der Waals surface area (Å²) in [5, 5.41) is 11.9. The number of rotatable bonds is 10. The number of unbranched alkanes of at least 4 members (excludes halogenated alkanes) is 1. The molecule has 0 aliphatic rings. The predicted molar refractivity (Wildman–Crippen MR) is 89.9 cm³/mol. The van der Waals surface area contributed by atoms with Gasteiger partial charge in [0.25, 0.3) is 0 Å². The minimum absolute atomic E-state index is 0.156. The van der Waals surface area contributed by atoms with Crippen LogP contribution in [0.3, 0.4) is 0 Å². The molecule has 0 radical (unpaired) electrons. The molecular weight excluding hydrogens is 292 g/mol. The highest BCUT2D eigenvalue weighted by atomic mass is 16.5. The molecule has 0 fully saturated rings. The Bertz CT molecular complexity index is 585. The molecular formula is C18H22N2O3. The molecule has 1 aromatic carbocycles. The van der Waals surface area contributed by atoms with E-state index in [4.69, 9.17) is 9.84 Å². The van der Waals surface area contributed by atoms with Gasteiger partial charge in [0.05, 0.1) is 6.61 Å². The van der Waals surface area contributed by atoms with Crippen LogP contribution in [0.2, 0.25) is 0 Å². The molecule has 2 N–H and O–H groups in total. The lowest BCUT2D eigenvalue weighted by molar-refractivity contribution is -0.136. The number of carboxylic acids is 1. The van der Waals surface area contributed by atoms with Gasteiger partial charge in [-0.15, -0.1) is 0 Å². The second-order valence-corrected chi connectivity index (χ2v) is 5.24. The summed E-state index contributed by atoms with van der Waals surface area (Å²) < 4.78 is 5.68. The SMILES string of the molecule is O=C(O)CCc1ccc(OCCCCNc2ccccn2)cc1. The number of hydrogen-bond donors (Lipinski definition) is 2. The zero-order chi connectivity index (χ0) is 16.3. The largest absolute Gasteiger partial charge is 0.494 e. The minimum atomic E-state index is -0.773. The van der Waals surface area contributed by atoms with Gasteiger partial charge in [0.1, 0.15) is 11.6 Å². The maximum atomic E-state index is 10.5. The van der Waals surface area contributed by atoms with Crippen LogP contribution >= 0.6 is 0 Å². The summed E-state index contributed by atoms with van der Waals surface area (Å²) in [6, 6.07) is 13.4. The third kappa shape index (κ3) is 6.82. The van der Waals surface area contributed by atoms with Crippen LogP contribution in [-0.4, -0.2) is 29.2 Å². The lowest BCUT2D eigenvalue weighted by Gasteiger charge is -2.08. The first-order valence-corrected chi connectivity index (χ1v) is 7.82. The summed E-state index contributed by atoms with van der Waals surface area (Å²) >= 11 is 0. The van der Waals surface area contributed by atoms with E-state index < -0.39 is 5.97 Å². The van der Waals surface area contributed by atoms with Crippen LogP contribution in [0.4, 0.5) is 5.82 Å². The third-order valence-corrected chi connectivity index (χ3v) is 3.36. The standard InChI is InChI=1S/C18H22N2O3/c21-18(22)11-8-15-6-9-16(10-7-15)23-14-4-3-13-20-17-5-1-2-12-19-17/h1-2,5-7,9-10,12H,3-4,8,11,13-14H2,(H,19,20)(H,21,22). The van der Waals surface area contributed by atoms with Gasteiger partial charge in [0.15, 0.2) is 0 Å². The number of benzene rings is 1. The normalized spacial score (nSPS) is 10.3. The number of carboxylic acid groups (broad SMARTS) is 1. The van der Waals surface area contributed by atoms with Gasteiger partial charge in [-0.2, -0.15) is 0 Å². The molecule has 0 atom stereocenters. The Kier molecular flexibility index (Phi) is 6.91. The average Bonchev–Trinajstić information content (AvgIpc) is 2.58. The first-order chi connectivity index (χ1) is 11.2. The van der Waals surface area contributed by atoms with Gasteiger partial charge in [0, 0.05) is 19.2 Å². The van der Waals surface area contributed by atoms with E-state index in [-0.39, 0.29) is 6.42 Å². The van der Waals surface area contributed by atoms with Crippen LogP contribution in [0, 0.1) is 0 Å². The lowest BCUT2D eigenvalue weighted by Crippen LogP contribution is -2.05. The summed E-state index contributed by atoms with van der Waals surface area (Å²) in [5.41, 5.74) is 1.01. The molecule has 1 aromatic heterocycles. The van der Waals surface area contributed by atoms with Crippen LogP contribution in [-0.2, 0) is 11.2 Å². The number of aliphatic carboxylic acids is 1. The van der Waals surface area contributed by atoms with Gasteiger partial charge in [-0.25, -0.2) is 4.98 Å². The highest BCUT2D eigenvalue weighted by molar-refractivity contribution is 5.67. The molecule has 0 saturated heterocycles. The predicted octanol–water partition coefficient (Wildman–Crippen LogP) is 3.37. The van der Waals surface area contributed by atoms with Gasteiger partial charge in [-0.1, -0.05) is 18.2 Å². The number of hydrogen-bond acceptors (Lipinski definition) is 4. The topological polar surface area (TPSA) is 71.5 Å². The van der Waals surface area contributed by atoms with Gasteiger partial charge in [-0.05, 0) is 49.1 Å². The van der Waals surface area contributed by atoms with Crippen molar-refractivity contribution < 1.29 is 14.6 Å². The van der Waals surface area contributed by atoms with Crippen LogP contribution in [0.15, 0.2) is 48.7 Å². The van der Waals surface area contributed by atoms with Gasteiger partial charge in [0.2, 0.25) is 0 Å². The number of nitrogens with one attached hydrogen (secondary N) is 1. The molecule has 0 aliphatic heterocycles. The van der Waals surface area contributed by atoms with Gasteiger partial charge >= 0.3 is 5.97 Å². The number of aromatic nitrogens is 1. The monoisotopic (exact) mass is 314 g/mol. The Labute approximate surface area is 136 Å². The summed E-state index contributed by atoms with van der Waals surface area (Å²) in [4.78, 5) is 14.7. The number of pyridine rings is 1. The fourth-order valence-electron chi connectivity index (χ4n) is 2.10. The molecule has 0 aliphatic carbocycles. The second kappa shape index (κ2) is 9.46. The smallest absolute Gasteiger partial charge is 0.303 e. The fraction of sp³-hybridized carbons (Fsp3) is 0.333. The summed E-state index contributed by atoms with van der Waals surface area (Å²) in [6.45, 7) is 1.53. The lowest BCUT2D eigenvalue weighted by atomic mass is 10.1. The molecule has 0 unspecified atom stereocenters. The van der Waals surface area contributed by atoms with Crippen molar-refractivity contribution in [2.24, 2.45) is 0 Å². The molecule has 5 nitrogen and oxygen atoms in total. The molecule has 0 spiro atoms. The van der Waals surface area contributed by atoms with Crippen LogP contribution < -0.4 is 10.1 Å². The number of carbonyl (C=O) groups is 1. The van der Waals surface area contributed by atoms with E-state index in [1.807, 2.05) is 42.5 Å². The average molecular weight is 314 g/mol. The van der Waals surface area contributed by atoms with Crippen molar-refractivity contribution in [3.63, 3.8) is 0 Å². The summed E-state index contributed by atoms with van der Waals surface area (Å²) in [6.07, 6.45) is 4.44. The highest BCUT2D eigenvalue weighted by Gasteiger charge is 2.00. The summed E-state index contributed by atoms with van der Waals surface area (Å²) in [7, 11) is 0. The van der Waals surface area contributed by atoms with E-state index in [1.54, 1.807) is 6.20 Å². The molecule has 2 aromatic rings. The van der Waals surface area contributed by atoms with Gasteiger partial charge < -0.3 is 15.2 Å². The number of aryl methyl sites for hydroxylation is 1. The van der Waals surface area contributed by atoms with E-state index in [1.165, 1.54) is 0 Å². The molecule has 0 amide bonds. The molecule has 1 heterocycles. The zero-order valence-corrected chi connectivity index (χ0v) is 13.1. The Morgan fingerprint density at radius 2 is 1.96 bits per heavy atom. The Hall–Kier alpha value is -2.56. The van der Waals surface area contributed by atoms with E-state index >= 15 is 0 Å². The number of ether oxygens (including phenoxy) is 1. The van der Waals surface area contributed by atoms with Crippen molar-refractivity contribution in [3.8, 4) is 5.75 Å². The second-order valence-electron chi connectivity index (χ2n) is 5.24. The van der Waals surface area contributed by atoms with E-state index in [2.05, 4.69) is 10.3 Å². The number of anilines is 1. The molecule has 122 valence electrons. The van der Waals surface area contributed by atoms with Crippen LogP contribution in [0.1, 0.15) is 24.8 Å². The van der Waals surface area contributed by atoms with Crippen LogP contribution in [0.25, 0.3) is 0 Å². The Morgan fingerprint density at radius 3 is 2.65 bits per heavy atom. The van der Waals surface area contributed by atoms with E-state index in [9.17, 15) is 4.79 Å².